The Bertz CT molecular complexity index is 267. The third-order valence-electron chi connectivity index (χ3n) is 2.66. The van der Waals surface area contributed by atoms with Crippen molar-refractivity contribution in [2.75, 3.05) is 0 Å². The fourth-order valence-electron chi connectivity index (χ4n) is 0.862. The summed E-state index contributed by atoms with van der Waals surface area (Å²) in [5.41, 5.74) is 0. The Morgan fingerprint density at radius 1 is 1.07 bits per heavy atom. The van der Waals surface area contributed by atoms with E-state index in [1.54, 1.807) is 0 Å². The molecule has 0 nitrogen and oxygen atoms in total. The molecule has 0 aliphatic heterocycles. The first-order valence-electron chi connectivity index (χ1n) is 5.20. The van der Waals surface area contributed by atoms with E-state index in [0.717, 1.165) is 0 Å². The van der Waals surface area contributed by atoms with Gasteiger partial charge >= 0.3 is 95.6 Å². The number of hydrogen-bond acceptors (Lipinski definition) is 0. The van der Waals surface area contributed by atoms with Crippen LogP contribution >= 0.6 is 0 Å². The summed E-state index contributed by atoms with van der Waals surface area (Å²) in [5.74, 6) is 17.8. The predicted molar refractivity (Wildman–Crippen MR) is 73.0 cm³/mol. The first kappa shape index (κ1) is 14.4. The monoisotopic (exact) mass is 316 g/mol. The first-order valence-corrected chi connectivity index (χ1v) is 19.9. The van der Waals surface area contributed by atoms with Crippen LogP contribution < -0.4 is 0 Å². The molecule has 1 unspecified atom stereocenters. The Labute approximate surface area is 95.3 Å². The van der Waals surface area contributed by atoms with Gasteiger partial charge in [0.15, 0.2) is 0 Å². The molecule has 0 saturated heterocycles. The quantitative estimate of drug-likeness (QED) is 0.408. The van der Waals surface area contributed by atoms with Crippen molar-refractivity contribution in [3.8, 4) is 10.7 Å². The SMILES string of the molecule is C=C[C](C)(C#[C][Ge]([CH3])([CH3])[CH3])[Ge]([CH3])([CH3])[CH3]. The van der Waals surface area contributed by atoms with Crippen LogP contribution in [-0.4, -0.2) is 26.5 Å². The molecule has 80 valence electrons. The van der Waals surface area contributed by atoms with E-state index in [0.29, 0.717) is 0 Å². The molecule has 0 aliphatic carbocycles. The van der Waals surface area contributed by atoms with Crippen LogP contribution in [0.1, 0.15) is 6.92 Å². The van der Waals surface area contributed by atoms with E-state index in [1.807, 2.05) is 0 Å². The summed E-state index contributed by atoms with van der Waals surface area (Å²) in [5, 5.41) is 0. The molecule has 0 heterocycles. The van der Waals surface area contributed by atoms with Crippen molar-refractivity contribution in [2.24, 2.45) is 0 Å². The minimum absolute atomic E-state index is 0.124. The normalized spacial score (nSPS) is 16.5. The third-order valence-corrected chi connectivity index (χ3v) is 11.7. The van der Waals surface area contributed by atoms with E-state index in [2.05, 4.69) is 64.8 Å². The van der Waals surface area contributed by atoms with Crippen LogP contribution in [0.2, 0.25) is 38.8 Å². The fourth-order valence-corrected chi connectivity index (χ4v) is 4.95. The molecule has 0 saturated carbocycles. The van der Waals surface area contributed by atoms with Crippen molar-refractivity contribution in [2.45, 2.75) is 45.7 Å². The molecule has 14 heavy (non-hydrogen) atoms. The molecule has 0 aromatic rings. The van der Waals surface area contributed by atoms with E-state index >= 15 is 0 Å². The summed E-state index contributed by atoms with van der Waals surface area (Å²) in [4.78, 5) is 0. The van der Waals surface area contributed by atoms with Gasteiger partial charge in [0.1, 0.15) is 0 Å². The standard InChI is InChI=1S/C12H24Ge2/c1-9-12(2,14(6,7)8)10-11-13(3,4)5/h9H,1H2,2-8H3. The van der Waals surface area contributed by atoms with Gasteiger partial charge in [0.2, 0.25) is 0 Å². The summed E-state index contributed by atoms with van der Waals surface area (Å²) >= 11 is -3.48. The van der Waals surface area contributed by atoms with E-state index in [9.17, 15) is 0 Å². The molecule has 0 aromatic carbocycles. The summed E-state index contributed by atoms with van der Waals surface area (Å²) in [6, 6.07) is 0. The van der Waals surface area contributed by atoms with Crippen molar-refractivity contribution in [3.63, 3.8) is 0 Å². The Balaban J connectivity index is 5.08. The average Bonchev–Trinajstić information content (AvgIpc) is 1.96. The van der Waals surface area contributed by atoms with Crippen LogP contribution in [-0.2, 0) is 0 Å². The van der Waals surface area contributed by atoms with Gasteiger partial charge in [-0.15, -0.1) is 0 Å². The van der Waals surface area contributed by atoms with Gasteiger partial charge in [-0.25, -0.2) is 0 Å². The molecule has 0 aliphatic rings. The zero-order valence-corrected chi connectivity index (χ0v) is 15.0. The van der Waals surface area contributed by atoms with Crippen LogP contribution in [0.3, 0.4) is 0 Å². The van der Waals surface area contributed by atoms with Crippen LogP contribution in [0.25, 0.3) is 0 Å². The van der Waals surface area contributed by atoms with Crippen LogP contribution in [0, 0.1) is 10.7 Å². The molecule has 0 bridgehead atoms. The van der Waals surface area contributed by atoms with E-state index < -0.39 is 26.5 Å². The van der Waals surface area contributed by atoms with Crippen molar-refractivity contribution < 1.29 is 0 Å². The molecular formula is C12H24Ge2. The summed E-state index contributed by atoms with van der Waals surface area (Å²) < 4.78 is 3.66. The topological polar surface area (TPSA) is 0 Å². The molecule has 0 rings (SSSR count). The van der Waals surface area contributed by atoms with Crippen LogP contribution in [0.5, 0.6) is 0 Å². The van der Waals surface area contributed by atoms with Gasteiger partial charge in [0.05, 0.1) is 0 Å². The Hall–Kier alpha value is 0.386. The molecule has 1 atom stereocenters. The number of rotatable bonds is 2. The molecule has 0 radical (unpaired) electrons. The molecule has 0 N–H and O–H groups in total. The van der Waals surface area contributed by atoms with E-state index in [4.69, 9.17) is 0 Å². The molecule has 0 aromatic heterocycles. The molecule has 0 amide bonds. The van der Waals surface area contributed by atoms with Gasteiger partial charge in [-0.05, 0) is 0 Å². The van der Waals surface area contributed by atoms with Gasteiger partial charge in [0.25, 0.3) is 0 Å². The maximum absolute atomic E-state index is 3.97. The number of hydrogen-bond donors (Lipinski definition) is 0. The summed E-state index contributed by atoms with van der Waals surface area (Å²) in [7, 11) is 0. The number of allylic oxidation sites excluding steroid dienone is 1. The van der Waals surface area contributed by atoms with E-state index in [1.165, 1.54) is 0 Å². The maximum atomic E-state index is 3.97. The molecule has 2 heteroatoms. The van der Waals surface area contributed by atoms with Gasteiger partial charge in [-0.3, -0.25) is 0 Å². The van der Waals surface area contributed by atoms with Crippen LogP contribution in [0.15, 0.2) is 12.7 Å². The first-order chi connectivity index (χ1) is 6.02. The van der Waals surface area contributed by atoms with Crippen LogP contribution in [0.4, 0.5) is 0 Å². The molecule has 0 fully saturated rings. The van der Waals surface area contributed by atoms with Crippen molar-refractivity contribution in [1.29, 1.82) is 0 Å². The summed E-state index contributed by atoms with van der Waals surface area (Å²) in [6.07, 6.45) is 2.08. The zero-order chi connectivity index (χ0) is 11.6. The Morgan fingerprint density at radius 2 is 1.50 bits per heavy atom. The van der Waals surface area contributed by atoms with E-state index in [-0.39, 0.29) is 4.25 Å². The summed E-state index contributed by atoms with van der Waals surface area (Å²) in [6.45, 7) is 6.23. The van der Waals surface area contributed by atoms with Gasteiger partial charge in [-0.1, -0.05) is 0 Å². The van der Waals surface area contributed by atoms with Gasteiger partial charge in [0, 0.05) is 0 Å². The van der Waals surface area contributed by atoms with Crippen molar-refractivity contribution in [3.05, 3.63) is 12.7 Å². The molecule has 0 spiro atoms. The van der Waals surface area contributed by atoms with Crippen molar-refractivity contribution >= 4 is 26.5 Å². The minimum atomic E-state index is -1.77. The van der Waals surface area contributed by atoms with Gasteiger partial charge < -0.3 is 0 Å². The third kappa shape index (κ3) is 4.27. The second-order valence-electron chi connectivity index (χ2n) is 6.16. The average molecular weight is 314 g/mol. The fraction of sp³-hybridized carbons (Fsp3) is 0.667. The zero-order valence-electron chi connectivity index (χ0n) is 10.8. The molecular weight excluding hydrogens is 289 g/mol. The Kier molecular flexibility index (Phi) is 4.61. The Morgan fingerprint density at radius 3 is 1.71 bits per heavy atom. The second-order valence-corrected chi connectivity index (χ2v) is 27.7. The van der Waals surface area contributed by atoms with Crippen molar-refractivity contribution in [1.82, 2.24) is 0 Å². The predicted octanol–water partition coefficient (Wildman–Crippen LogP) is 4.15. The van der Waals surface area contributed by atoms with Gasteiger partial charge in [-0.2, -0.15) is 0 Å². The second kappa shape index (κ2) is 4.49.